The predicted molar refractivity (Wildman–Crippen MR) is 87.7 cm³/mol. The molecule has 0 saturated heterocycles. The van der Waals surface area contributed by atoms with Gasteiger partial charge in [0.05, 0.1) is 5.75 Å². The maximum atomic E-state index is 11.8. The molecule has 0 radical (unpaired) electrons. The normalized spacial score (nSPS) is 10.3. The van der Waals surface area contributed by atoms with Crippen LogP contribution in [0.15, 0.2) is 48.5 Å². The van der Waals surface area contributed by atoms with Gasteiger partial charge < -0.3 is 5.32 Å². The van der Waals surface area contributed by atoms with E-state index in [1.165, 1.54) is 11.8 Å². The van der Waals surface area contributed by atoms with Crippen molar-refractivity contribution in [2.24, 2.45) is 0 Å². The second kappa shape index (κ2) is 7.58. The number of carbonyl (C=O) groups is 1. The maximum absolute atomic E-state index is 11.8. The van der Waals surface area contributed by atoms with Crippen LogP contribution in [-0.2, 0) is 10.5 Å². The van der Waals surface area contributed by atoms with Gasteiger partial charge in [-0.1, -0.05) is 41.4 Å². The number of halogens is 2. The van der Waals surface area contributed by atoms with E-state index in [0.29, 0.717) is 16.5 Å². The summed E-state index contributed by atoms with van der Waals surface area (Å²) in [6.45, 7) is 0. The molecule has 0 aromatic heterocycles. The van der Waals surface area contributed by atoms with Gasteiger partial charge in [0.2, 0.25) is 5.91 Å². The first-order valence-electron chi connectivity index (χ1n) is 6.02. The fraction of sp³-hybridized carbons (Fsp3) is 0.133. The number of hydrogen-bond donors (Lipinski definition) is 1. The van der Waals surface area contributed by atoms with Crippen LogP contribution in [0.3, 0.4) is 0 Å². The minimum Gasteiger partial charge on any atom is -0.325 e. The molecule has 0 aliphatic heterocycles. The molecule has 0 heterocycles. The van der Waals surface area contributed by atoms with Gasteiger partial charge in [0.25, 0.3) is 0 Å². The smallest absolute Gasteiger partial charge is 0.234 e. The third kappa shape index (κ3) is 4.75. The van der Waals surface area contributed by atoms with Crippen LogP contribution in [0.4, 0.5) is 5.69 Å². The molecule has 0 fully saturated rings. The summed E-state index contributed by atoms with van der Waals surface area (Å²) in [5.74, 6) is 1.06. The molecule has 0 atom stereocenters. The van der Waals surface area contributed by atoms with Crippen molar-refractivity contribution in [3.63, 3.8) is 0 Å². The first-order valence-corrected chi connectivity index (χ1v) is 7.93. The van der Waals surface area contributed by atoms with Crippen molar-refractivity contribution in [3.8, 4) is 0 Å². The van der Waals surface area contributed by atoms with E-state index >= 15 is 0 Å². The first-order chi connectivity index (χ1) is 9.65. The summed E-state index contributed by atoms with van der Waals surface area (Å²) < 4.78 is 0. The Hall–Kier alpha value is -1.16. The van der Waals surface area contributed by atoms with Gasteiger partial charge in [-0.15, -0.1) is 11.8 Å². The fourth-order valence-corrected chi connectivity index (χ4v) is 2.84. The van der Waals surface area contributed by atoms with E-state index < -0.39 is 0 Å². The lowest BCUT2D eigenvalue weighted by atomic mass is 10.2. The SMILES string of the molecule is O=C(CSCc1ccccc1Cl)Nc1ccc(Cl)cc1. The molecular weight excluding hydrogens is 313 g/mol. The van der Waals surface area contributed by atoms with Crippen molar-refractivity contribution in [2.75, 3.05) is 11.1 Å². The highest BCUT2D eigenvalue weighted by Gasteiger charge is 2.04. The van der Waals surface area contributed by atoms with Crippen molar-refractivity contribution in [3.05, 3.63) is 64.1 Å². The lowest BCUT2D eigenvalue weighted by molar-refractivity contribution is -0.113. The van der Waals surface area contributed by atoms with Crippen LogP contribution in [0.25, 0.3) is 0 Å². The second-order valence-electron chi connectivity index (χ2n) is 4.14. The van der Waals surface area contributed by atoms with Crippen LogP contribution >= 0.6 is 35.0 Å². The summed E-state index contributed by atoms with van der Waals surface area (Å²) in [5, 5.41) is 4.20. The van der Waals surface area contributed by atoms with Crippen LogP contribution in [0.5, 0.6) is 0 Å². The molecule has 2 aromatic rings. The summed E-state index contributed by atoms with van der Waals surface area (Å²) in [7, 11) is 0. The lowest BCUT2D eigenvalue weighted by Gasteiger charge is -2.06. The molecule has 0 unspecified atom stereocenters. The Bertz CT molecular complexity index is 587. The summed E-state index contributed by atoms with van der Waals surface area (Å²) in [6.07, 6.45) is 0. The second-order valence-corrected chi connectivity index (χ2v) is 5.97. The Morgan fingerprint density at radius 1 is 1.05 bits per heavy atom. The topological polar surface area (TPSA) is 29.1 Å². The molecule has 2 rings (SSSR count). The number of benzene rings is 2. The van der Waals surface area contributed by atoms with Gasteiger partial charge in [0.15, 0.2) is 0 Å². The van der Waals surface area contributed by atoms with Crippen molar-refractivity contribution in [1.82, 2.24) is 0 Å². The monoisotopic (exact) mass is 325 g/mol. The summed E-state index contributed by atoms with van der Waals surface area (Å²) in [5.41, 5.74) is 1.79. The minimum absolute atomic E-state index is 0.0376. The summed E-state index contributed by atoms with van der Waals surface area (Å²) >= 11 is 13.4. The molecule has 104 valence electrons. The average molecular weight is 326 g/mol. The Labute approximate surface area is 132 Å². The van der Waals surface area contributed by atoms with E-state index in [1.54, 1.807) is 24.3 Å². The fourth-order valence-electron chi connectivity index (χ4n) is 1.60. The van der Waals surface area contributed by atoms with E-state index in [9.17, 15) is 4.79 Å². The van der Waals surface area contributed by atoms with E-state index in [-0.39, 0.29) is 5.91 Å². The number of hydrogen-bond acceptors (Lipinski definition) is 2. The highest BCUT2D eigenvalue weighted by Crippen LogP contribution is 2.21. The molecule has 1 N–H and O–H groups in total. The van der Waals surface area contributed by atoms with Gasteiger partial charge in [0, 0.05) is 21.5 Å². The highest BCUT2D eigenvalue weighted by atomic mass is 35.5. The Morgan fingerprint density at radius 2 is 1.75 bits per heavy atom. The lowest BCUT2D eigenvalue weighted by Crippen LogP contribution is -2.14. The number of thioether (sulfide) groups is 1. The van der Waals surface area contributed by atoms with Gasteiger partial charge in [0.1, 0.15) is 0 Å². The number of nitrogens with one attached hydrogen (secondary N) is 1. The van der Waals surface area contributed by atoms with Gasteiger partial charge in [-0.25, -0.2) is 0 Å². The quantitative estimate of drug-likeness (QED) is 0.850. The Morgan fingerprint density at radius 3 is 2.45 bits per heavy atom. The highest BCUT2D eigenvalue weighted by molar-refractivity contribution is 7.99. The Balaban J connectivity index is 1.78. The summed E-state index contributed by atoms with van der Waals surface area (Å²) in [4.78, 5) is 11.8. The van der Waals surface area contributed by atoms with E-state index in [0.717, 1.165) is 16.3 Å². The number of amides is 1. The van der Waals surface area contributed by atoms with Crippen LogP contribution in [0.1, 0.15) is 5.56 Å². The maximum Gasteiger partial charge on any atom is 0.234 e. The van der Waals surface area contributed by atoms with Crippen molar-refractivity contribution in [1.29, 1.82) is 0 Å². The molecule has 2 aromatic carbocycles. The van der Waals surface area contributed by atoms with Gasteiger partial charge in [-0.3, -0.25) is 4.79 Å². The van der Waals surface area contributed by atoms with E-state index in [4.69, 9.17) is 23.2 Å². The minimum atomic E-state index is -0.0376. The van der Waals surface area contributed by atoms with Gasteiger partial charge >= 0.3 is 0 Å². The number of rotatable bonds is 5. The van der Waals surface area contributed by atoms with Crippen molar-refractivity contribution >= 4 is 46.6 Å². The zero-order valence-electron chi connectivity index (χ0n) is 10.6. The zero-order chi connectivity index (χ0) is 14.4. The third-order valence-corrected chi connectivity index (χ3v) is 4.18. The zero-order valence-corrected chi connectivity index (χ0v) is 12.9. The molecule has 1 amide bonds. The average Bonchev–Trinajstić information content (AvgIpc) is 2.43. The third-order valence-electron chi connectivity index (χ3n) is 2.58. The molecule has 2 nitrogen and oxygen atoms in total. The van der Waals surface area contributed by atoms with Gasteiger partial charge in [-0.2, -0.15) is 0 Å². The van der Waals surface area contributed by atoms with Crippen LogP contribution < -0.4 is 5.32 Å². The molecule has 0 aliphatic carbocycles. The van der Waals surface area contributed by atoms with Crippen molar-refractivity contribution in [2.45, 2.75) is 5.75 Å². The molecule has 0 bridgehead atoms. The number of carbonyl (C=O) groups excluding carboxylic acids is 1. The van der Waals surface area contributed by atoms with Crippen LogP contribution in [0.2, 0.25) is 10.0 Å². The Kier molecular flexibility index (Phi) is 5.77. The molecule has 0 saturated carbocycles. The number of anilines is 1. The molecule has 0 spiro atoms. The van der Waals surface area contributed by atoms with E-state index in [1.807, 2.05) is 24.3 Å². The first kappa shape index (κ1) is 15.2. The van der Waals surface area contributed by atoms with Crippen LogP contribution in [-0.4, -0.2) is 11.7 Å². The van der Waals surface area contributed by atoms with Crippen molar-refractivity contribution < 1.29 is 4.79 Å². The molecular formula is C15H13Cl2NOS. The predicted octanol–water partition coefficient (Wildman–Crippen LogP) is 4.87. The van der Waals surface area contributed by atoms with Gasteiger partial charge in [-0.05, 0) is 35.9 Å². The molecule has 0 aliphatic rings. The molecule has 20 heavy (non-hydrogen) atoms. The summed E-state index contributed by atoms with van der Waals surface area (Å²) in [6, 6.07) is 14.7. The standard InChI is InChI=1S/C15H13Cl2NOS/c16-12-5-7-13(8-6-12)18-15(19)10-20-9-11-3-1-2-4-14(11)17/h1-8H,9-10H2,(H,18,19). The largest absolute Gasteiger partial charge is 0.325 e. The molecule has 5 heteroatoms. The van der Waals surface area contributed by atoms with E-state index in [2.05, 4.69) is 5.32 Å². The van der Waals surface area contributed by atoms with Crippen LogP contribution in [0, 0.1) is 0 Å².